The number of halogens is 3. The zero-order chi connectivity index (χ0) is 14.3. The van der Waals surface area contributed by atoms with E-state index in [4.69, 9.17) is 0 Å². The highest BCUT2D eigenvalue weighted by Crippen LogP contribution is 2.11. The molecule has 0 aromatic carbocycles. The number of rotatable bonds is 6. The second-order valence-electron chi connectivity index (χ2n) is 3.96. The maximum atomic E-state index is 11.9. The monoisotopic (exact) mass is 275 g/mol. The number of amides is 1. The SMILES string of the molecule is CCc1cccnc1CNCC(=O)NCC(F)(F)F. The molecule has 0 spiro atoms. The molecule has 0 bridgehead atoms. The summed E-state index contributed by atoms with van der Waals surface area (Å²) in [5.74, 6) is -0.689. The highest BCUT2D eigenvalue weighted by Gasteiger charge is 2.27. The van der Waals surface area contributed by atoms with Gasteiger partial charge in [-0.1, -0.05) is 13.0 Å². The Morgan fingerprint density at radius 3 is 2.79 bits per heavy atom. The number of pyridine rings is 1. The molecule has 0 unspecified atom stereocenters. The number of carbonyl (C=O) groups excluding carboxylic acids is 1. The number of aromatic nitrogens is 1. The summed E-state index contributed by atoms with van der Waals surface area (Å²) in [7, 11) is 0. The Hall–Kier alpha value is -1.63. The predicted molar refractivity (Wildman–Crippen MR) is 64.4 cm³/mol. The molecule has 1 amide bonds. The fraction of sp³-hybridized carbons (Fsp3) is 0.500. The highest BCUT2D eigenvalue weighted by atomic mass is 19.4. The van der Waals surface area contributed by atoms with Crippen LogP contribution in [-0.4, -0.2) is 30.2 Å². The first-order valence-corrected chi connectivity index (χ1v) is 5.89. The number of hydrogen-bond acceptors (Lipinski definition) is 3. The maximum Gasteiger partial charge on any atom is 0.405 e. The van der Waals surface area contributed by atoms with Crippen molar-refractivity contribution in [1.82, 2.24) is 15.6 Å². The fourth-order valence-electron chi connectivity index (χ4n) is 1.51. The third-order valence-electron chi connectivity index (χ3n) is 2.43. The van der Waals surface area contributed by atoms with Gasteiger partial charge < -0.3 is 10.6 Å². The van der Waals surface area contributed by atoms with Crippen LogP contribution in [0.1, 0.15) is 18.2 Å². The molecule has 4 nitrogen and oxygen atoms in total. The molecular formula is C12H16F3N3O. The van der Waals surface area contributed by atoms with Crippen LogP contribution < -0.4 is 10.6 Å². The van der Waals surface area contributed by atoms with Crippen molar-refractivity contribution < 1.29 is 18.0 Å². The lowest BCUT2D eigenvalue weighted by atomic mass is 10.1. The summed E-state index contributed by atoms with van der Waals surface area (Å²) >= 11 is 0. The van der Waals surface area contributed by atoms with Crippen LogP contribution in [0.5, 0.6) is 0 Å². The van der Waals surface area contributed by atoms with E-state index in [1.807, 2.05) is 19.1 Å². The second kappa shape index (κ2) is 7.08. The summed E-state index contributed by atoms with van der Waals surface area (Å²) in [5, 5.41) is 4.56. The van der Waals surface area contributed by atoms with Gasteiger partial charge in [-0.25, -0.2) is 0 Å². The van der Waals surface area contributed by atoms with Crippen LogP contribution in [0.3, 0.4) is 0 Å². The Morgan fingerprint density at radius 1 is 1.42 bits per heavy atom. The molecule has 1 heterocycles. The summed E-state index contributed by atoms with van der Waals surface area (Å²) in [6.45, 7) is 0.854. The van der Waals surface area contributed by atoms with E-state index >= 15 is 0 Å². The van der Waals surface area contributed by atoms with Crippen molar-refractivity contribution in [3.05, 3.63) is 29.6 Å². The number of alkyl halides is 3. The summed E-state index contributed by atoms with van der Waals surface area (Å²) in [6.07, 6.45) is -1.93. The van der Waals surface area contributed by atoms with Crippen LogP contribution in [0.15, 0.2) is 18.3 Å². The van der Waals surface area contributed by atoms with E-state index in [-0.39, 0.29) is 6.54 Å². The topological polar surface area (TPSA) is 54.0 Å². The van der Waals surface area contributed by atoms with Gasteiger partial charge in [0.15, 0.2) is 0 Å². The van der Waals surface area contributed by atoms with Crippen LogP contribution in [0.4, 0.5) is 13.2 Å². The van der Waals surface area contributed by atoms with Crippen molar-refractivity contribution in [3.8, 4) is 0 Å². The zero-order valence-corrected chi connectivity index (χ0v) is 10.5. The number of carbonyl (C=O) groups is 1. The number of aryl methyl sites for hydroxylation is 1. The molecule has 1 rings (SSSR count). The average molecular weight is 275 g/mol. The minimum absolute atomic E-state index is 0.171. The van der Waals surface area contributed by atoms with Crippen LogP contribution in [0, 0.1) is 0 Å². The Balaban J connectivity index is 2.32. The normalized spacial score (nSPS) is 11.4. The molecule has 1 aromatic rings. The van der Waals surface area contributed by atoms with Crippen LogP contribution in [0.2, 0.25) is 0 Å². The van der Waals surface area contributed by atoms with E-state index in [1.165, 1.54) is 0 Å². The molecule has 19 heavy (non-hydrogen) atoms. The van der Waals surface area contributed by atoms with E-state index in [0.717, 1.165) is 17.7 Å². The van der Waals surface area contributed by atoms with Crippen LogP contribution in [0.25, 0.3) is 0 Å². The molecule has 1 aromatic heterocycles. The number of nitrogens with zero attached hydrogens (tertiary/aromatic N) is 1. The Labute approximate surface area is 109 Å². The summed E-state index contributed by atoms with van der Waals surface area (Å²) in [6, 6.07) is 3.74. The minimum atomic E-state index is -4.38. The highest BCUT2D eigenvalue weighted by molar-refractivity contribution is 5.77. The Bertz CT molecular complexity index is 421. The Kier molecular flexibility index (Phi) is 5.75. The lowest BCUT2D eigenvalue weighted by Crippen LogP contribution is -2.39. The molecule has 0 atom stereocenters. The van der Waals surface area contributed by atoms with E-state index in [9.17, 15) is 18.0 Å². The van der Waals surface area contributed by atoms with Gasteiger partial charge in [0.2, 0.25) is 5.91 Å². The average Bonchev–Trinajstić information content (AvgIpc) is 2.36. The van der Waals surface area contributed by atoms with E-state index in [2.05, 4.69) is 10.3 Å². The summed E-state index contributed by atoms with van der Waals surface area (Å²) in [4.78, 5) is 15.3. The molecule has 0 fully saturated rings. The first-order chi connectivity index (χ1) is 8.92. The zero-order valence-electron chi connectivity index (χ0n) is 10.5. The van der Waals surface area contributed by atoms with Gasteiger partial charge in [0, 0.05) is 12.7 Å². The van der Waals surface area contributed by atoms with Gasteiger partial charge in [-0.3, -0.25) is 9.78 Å². The van der Waals surface area contributed by atoms with Gasteiger partial charge in [0.05, 0.1) is 12.2 Å². The van der Waals surface area contributed by atoms with Crippen molar-refractivity contribution in [1.29, 1.82) is 0 Å². The van der Waals surface area contributed by atoms with Gasteiger partial charge in [0.25, 0.3) is 0 Å². The van der Waals surface area contributed by atoms with Gasteiger partial charge in [-0.05, 0) is 18.1 Å². The molecule has 106 valence electrons. The molecule has 0 aliphatic heterocycles. The van der Waals surface area contributed by atoms with Crippen molar-refractivity contribution in [3.63, 3.8) is 0 Å². The molecule has 0 aliphatic rings. The molecule has 0 aliphatic carbocycles. The van der Waals surface area contributed by atoms with Crippen molar-refractivity contribution >= 4 is 5.91 Å². The molecule has 0 radical (unpaired) electrons. The van der Waals surface area contributed by atoms with Gasteiger partial charge >= 0.3 is 6.18 Å². The van der Waals surface area contributed by atoms with Crippen molar-refractivity contribution in [2.24, 2.45) is 0 Å². The lowest BCUT2D eigenvalue weighted by molar-refractivity contribution is -0.137. The molecule has 7 heteroatoms. The lowest BCUT2D eigenvalue weighted by Gasteiger charge is -2.10. The Morgan fingerprint density at radius 2 is 2.16 bits per heavy atom. The second-order valence-corrected chi connectivity index (χ2v) is 3.96. The molecular weight excluding hydrogens is 259 g/mol. The predicted octanol–water partition coefficient (Wildman–Crippen LogP) is 1.41. The van der Waals surface area contributed by atoms with Gasteiger partial charge in [-0.15, -0.1) is 0 Å². The minimum Gasteiger partial charge on any atom is -0.346 e. The van der Waals surface area contributed by atoms with Gasteiger partial charge in [-0.2, -0.15) is 13.2 Å². The molecule has 2 N–H and O–H groups in total. The van der Waals surface area contributed by atoms with Crippen LogP contribution in [-0.2, 0) is 17.8 Å². The largest absolute Gasteiger partial charge is 0.405 e. The maximum absolute atomic E-state index is 11.9. The van der Waals surface area contributed by atoms with E-state index in [0.29, 0.717) is 6.54 Å². The first-order valence-electron chi connectivity index (χ1n) is 5.89. The van der Waals surface area contributed by atoms with Crippen molar-refractivity contribution in [2.75, 3.05) is 13.1 Å². The van der Waals surface area contributed by atoms with E-state index in [1.54, 1.807) is 11.5 Å². The third kappa shape index (κ3) is 6.19. The first kappa shape index (κ1) is 15.4. The molecule has 0 saturated heterocycles. The standard InChI is InChI=1S/C12H16F3N3O/c1-2-9-4-3-5-17-10(9)6-16-7-11(19)18-8-12(13,14)15/h3-5,16H,2,6-8H2,1H3,(H,18,19). The molecule has 0 saturated carbocycles. The smallest absolute Gasteiger partial charge is 0.346 e. The van der Waals surface area contributed by atoms with Crippen molar-refractivity contribution in [2.45, 2.75) is 26.1 Å². The fourth-order valence-corrected chi connectivity index (χ4v) is 1.51. The van der Waals surface area contributed by atoms with Crippen LogP contribution >= 0.6 is 0 Å². The quantitative estimate of drug-likeness (QED) is 0.825. The van der Waals surface area contributed by atoms with E-state index < -0.39 is 18.6 Å². The summed E-state index contributed by atoms with van der Waals surface area (Å²) in [5.41, 5.74) is 1.85. The third-order valence-corrected chi connectivity index (χ3v) is 2.43. The van der Waals surface area contributed by atoms with Gasteiger partial charge in [0.1, 0.15) is 6.54 Å². The number of nitrogens with one attached hydrogen (secondary N) is 2. The number of hydrogen-bond donors (Lipinski definition) is 2. The summed E-state index contributed by atoms with van der Waals surface area (Å²) < 4.78 is 35.6.